The molecule has 3 unspecified atom stereocenters. The van der Waals surface area contributed by atoms with Crippen molar-refractivity contribution >= 4 is 48.8 Å². The first kappa shape index (κ1) is 40.5. The molecule has 5 rings (SSSR count). The molecule has 2 aromatic heterocycles. The van der Waals surface area contributed by atoms with Gasteiger partial charge in [-0.3, -0.25) is 14.9 Å². The fourth-order valence-electron chi connectivity index (χ4n) is 7.16. The van der Waals surface area contributed by atoms with Crippen LogP contribution < -0.4 is 16.2 Å². The van der Waals surface area contributed by atoms with Gasteiger partial charge in [-0.2, -0.15) is 0 Å². The third-order valence-electron chi connectivity index (χ3n) is 10.3. The molecule has 13 nitrogen and oxygen atoms in total. The Labute approximate surface area is 317 Å². The Morgan fingerprint density at radius 3 is 2.26 bits per heavy atom. The van der Waals surface area contributed by atoms with Gasteiger partial charge in [0.15, 0.2) is 0 Å². The highest BCUT2D eigenvalue weighted by molar-refractivity contribution is 6.80. The van der Waals surface area contributed by atoms with Crippen LogP contribution in [0.5, 0.6) is 0 Å². The summed E-state index contributed by atoms with van der Waals surface area (Å²) in [4.78, 5) is 72.3. The van der Waals surface area contributed by atoms with Crippen LogP contribution in [0.4, 0.5) is 15.3 Å². The van der Waals surface area contributed by atoms with Gasteiger partial charge < -0.3 is 28.8 Å². The number of carbonyl (C=O) groups is 4. The Bertz CT molecular complexity index is 2060. The highest BCUT2D eigenvalue weighted by atomic mass is 28.3. The van der Waals surface area contributed by atoms with Crippen molar-refractivity contribution in [2.24, 2.45) is 5.92 Å². The van der Waals surface area contributed by atoms with Crippen LogP contribution in [0.25, 0.3) is 22.3 Å². The molecule has 1 aromatic carbocycles. The van der Waals surface area contributed by atoms with E-state index in [1.54, 1.807) is 77.3 Å². The zero-order valence-corrected chi connectivity index (χ0v) is 34.5. The highest BCUT2D eigenvalue weighted by Gasteiger charge is 2.57. The van der Waals surface area contributed by atoms with Crippen LogP contribution in [0.2, 0.25) is 18.6 Å². The monoisotopic (exact) mass is 762 g/mol. The topological polar surface area (TPSA) is 164 Å². The fraction of sp³-hybridized carbons (Fsp3) is 0.550. The van der Waals surface area contributed by atoms with E-state index in [1.807, 2.05) is 6.07 Å². The van der Waals surface area contributed by atoms with Crippen molar-refractivity contribution in [1.29, 1.82) is 0 Å². The molecule has 0 bridgehead atoms. The fourth-order valence-corrected chi connectivity index (χ4v) is 10.8. The number of aromatic nitrogens is 2. The van der Waals surface area contributed by atoms with Crippen molar-refractivity contribution in [3.8, 4) is 11.4 Å². The molecule has 3 aromatic rings. The molecule has 2 amide bonds. The second-order valence-corrected chi connectivity index (χ2v) is 22.3. The number of nitrogens with one attached hydrogen (secondary N) is 2. The number of carbonyl (C=O) groups excluding carboxylic acids is 4. The molecule has 2 N–H and O–H groups in total. The first-order valence-electron chi connectivity index (χ1n) is 18.6. The molecule has 14 heteroatoms. The van der Waals surface area contributed by atoms with Gasteiger partial charge in [0.2, 0.25) is 5.60 Å². The average molecular weight is 763 g/mol. The summed E-state index contributed by atoms with van der Waals surface area (Å²) in [5.74, 6) is -1.22. The lowest BCUT2D eigenvalue weighted by Gasteiger charge is -2.45. The number of nitrogens with zero attached hydrogens (tertiary/aromatic N) is 2. The predicted octanol–water partition coefficient (Wildman–Crippen LogP) is 7.73. The van der Waals surface area contributed by atoms with Gasteiger partial charge in [-0.25, -0.2) is 19.4 Å². The maximum atomic E-state index is 14.9. The number of hydrogen-bond acceptors (Lipinski definition) is 10. The molecule has 292 valence electrons. The number of fused-ring (bicyclic) bond motifs is 5. The van der Waals surface area contributed by atoms with Gasteiger partial charge >= 0.3 is 24.1 Å². The Balaban J connectivity index is 1.58. The van der Waals surface area contributed by atoms with Crippen molar-refractivity contribution in [2.45, 2.75) is 130 Å². The van der Waals surface area contributed by atoms with Crippen molar-refractivity contribution in [1.82, 2.24) is 14.9 Å². The molecule has 0 saturated heterocycles. The number of pyridine rings is 2. The zero-order valence-electron chi connectivity index (χ0n) is 33.5. The maximum absolute atomic E-state index is 14.9. The summed E-state index contributed by atoms with van der Waals surface area (Å²) in [6.45, 7) is 23.0. The largest absolute Gasteiger partial charge is 0.458 e. The van der Waals surface area contributed by atoms with Gasteiger partial charge in [0.05, 0.1) is 35.4 Å². The van der Waals surface area contributed by atoms with E-state index in [9.17, 15) is 24.0 Å². The summed E-state index contributed by atoms with van der Waals surface area (Å²) >= 11 is 0. The van der Waals surface area contributed by atoms with E-state index < -0.39 is 54.7 Å². The zero-order chi connectivity index (χ0) is 40.1. The Hall–Kier alpha value is -4.72. The minimum Gasteiger partial charge on any atom is -0.458 e. The molecule has 3 atom stereocenters. The lowest BCUT2D eigenvalue weighted by atomic mass is 9.85. The van der Waals surface area contributed by atoms with Crippen LogP contribution in [0, 0.1) is 5.92 Å². The van der Waals surface area contributed by atoms with Crippen LogP contribution in [0.1, 0.15) is 104 Å². The van der Waals surface area contributed by atoms with Gasteiger partial charge in [0.1, 0.15) is 25.0 Å². The first-order chi connectivity index (χ1) is 25.0. The summed E-state index contributed by atoms with van der Waals surface area (Å²) in [5.41, 5.74) is -0.626. The third-order valence-corrected chi connectivity index (χ3v) is 15.1. The van der Waals surface area contributed by atoms with E-state index in [4.69, 9.17) is 23.9 Å². The van der Waals surface area contributed by atoms with Crippen LogP contribution in [-0.4, -0.2) is 59.5 Å². The molecule has 0 aliphatic carbocycles. The quantitative estimate of drug-likeness (QED) is 0.0980. The molecule has 0 saturated carbocycles. The lowest BCUT2D eigenvalue weighted by molar-refractivity contribution is -0.190. The number of hydrogen-bond donors (Lipinski definition) is 2. The van der Waals surface area contributed by atoms with Crippen LogP contribution in [0.15, 0.2) is 35.1 Å². The smallest absolute Gasteiger partial charge is 0.412 e. The molecule has 0 fully saturated rings. The van der Waals surface area contributed by atoms with Crippen LogP contribution in [-0.2, 0) is 40.7 Å². The summed E-state index contributed by atoms with van der Waals surface area (Å²) in [6.07, 6.45) is -1.50. The molecule has 4 heterocycles. The average Bonchev–Trinajstić information content (AvgIpc) is 3.40. The standard InChI is InChI=1S/C40H54N4O9Si/c1-13-40(51-30(45)16-17-41-36(48)52-38(5,6)7)27-20-29-32-25(18-24-19-26(14-15-28(24)43-32)42-37(49)53-39(8,9)10)21-44(29)33(46)31(27)34(50-35(40)47)54(11,12)23(4)22(2)3/h14-15,18-20,22-23,34H,13,16-17,21H2,1-12H3,(H,41,48)(H,42,49). The van der Waals surface area contributed by atoms with Crippen LogP contribution >= 0.6 is 0 Å². The van der Waals surface area contributed by atoms with Gasteiger partial charge in [-0.05, 0) is 89.8 Å². The summed E-state index contributed by atoms with van der Waals surface area (Å²) in [5, 5.41) is 6.06. The Morgan fingerprint density at radius 1 is 1.00 bits per heavy atom. The van der Waals surface area contributed by atoms with Gasteiger partial charge in [-0.1, -0.05) is 40.8 Å². The van der Waals surface area contributed by atoms with Gasteiger partial charge in [0.25, 0.3) is 5.56 Å². The van der Waals surface area contributed by atoms with E-state index in [2.05, 4.69) is 44.5 Å². The highest BCUT2D eigenvalue weighted by Crippen LogP contribution is 2.49. The number of cyclic esters (lactones) is 1. The SMILES string of the molecule is CCC1(OC(=O)CCNC(=O)OC(C)(C)C)C(=O)OC([Si](C)(C)C(C)C(C)C)c2c1cc1n(c2=O)Cc2cc3cc(NC(=O)OC(C)(C)C)ccc3nc2-1. The predicted molar refractivity (Wildman–Crippen MR) is 208 cm³/mol. The summed E-state index contributed by atoms with van der Waals surface area (Å²) < 4.78 is 24.7. The number of alkyl carbamates (subject to hydrolysis) is 1. The number of ether oxygens (including phenoxy) is 4. The molecule has 0 radical (unpaired) electrons. The van der Waals surface area contributed by atoms with Gasteiger partial charge in [-0.15, -0.1) is 0 Å². The molecular formula is C40H54N4O9Si. The number of amides is 2. The van der Waals surface area contributed by atoms with Crippen molar-refractivity contribution in [2.75, 3.05) is 11.9 Å². The number of esters is 2. The minimum atomic E-state index is -2.57. The molecule has 54 heavy (non-hydrogen) atoms. The van der Waals surface area contributed by atoms with E-state index in [0.29, 0.717) is 33.7 Å². The van der Waals surface area contributed by atoms with E-state index >= 15 is 0 Å². The Kier molecular flexibility index (Phi) is 10.9. The molecule has 0 spiro atoms. The van der Waals surface area contributed by atoms with Crippen molar-refractivity contribution < 1.29 is 38.1 Å². The van der Waals surface area contributed by atoms with Crippen LogP contribution in [0.3, 0.4) is 0 Å². The maximum Gasteiger partial charge on any atom is 0.412 e. The van der Waals surface area contributed by atoms with Gasteiger partial charge in [0, 0.05) is 28.7 Å². The minimum absolute atomic E-state index is 0.00678. The molecule has 2 aliphatic rings. The number of rotatable bonds is 9. The normalized spacial score (nSPS) is 18.6. The molecule has 2 aliphatic heterocycles. The number of benzene rings is 1. The second-order valence-electron chi connectivity index (χ2n) is 17.3. The van der Waals surface area contributed by atoms with E-state index in [0.717, 1.165) is 10.9 Å². The lowest BCUT2D eigenvalue weighted by Crippen LogP contribution is -2.55. The summed E-state index contributed by atoms with van der Waals surface area (Å²) in [6, 6.07) is 9.01. The van der Waals surface area contributed by atoms with E-state index in [-0.39, 0.29) is 42.9 Å². The van der Waals surface area contributed by atoms with Crippen molar-refractivity contribution in [3.05, 3.63) is 57.4 Å². The Morgan fingerprint density at radius 2 is 1.65 bits per heavy atom. The van der Waals surface area contributed by atoms with Crippen molar-refractivity contribution in [3.63, 3.8) is 0 Å². The molecular weight excluding hydrogens is 709 g/mol. The van der Waals surface area contributed by atoms with E-state index in [1.165, 1.54) is 0 Å². The number of anilines is 1. The third kappa shape index (κ3) is 8.03. The second kappa shape index (κ2) is 14.5. The summed E-state index contributed by atoms with van der Waals surface area (Å²) in [7, 11) is -2.57. The first-order valence-corrected chi connectivity index (χ1v) is 21.7.